The highest BCUT2D eigenvalue weighted by molar-refractivity contribution is 5.90. The molecule has 156 valence electrons. The van der Waals surface area contributed by atoms with Crippen molar-refractivity contribution < 1.29 is 14.6 Å². The molecule has 0 radical (unpaired) electrons. The van der Waals surface area contributed by atoms with Gasteiger partial charge in [-0.3, -0.25) is 0 Å². The summed E-state index contributed by atoms with van der Waals surface area (Å²) in [6.45, 7) is 0. The first-order valence-electron chi connectivity index (χ1n) is 9.92. The summed E-state index contributed by atoms with van der Waals surface area (Å²) in [6.07, 6.45) is 7.38. The van der Waals surface area contributed by atoms with E-state index in [4.69, 9.17) is 4.74 Å². The predicted octanol–water partition coefficient (Wildman–Crippen LogP) is 3.80. The number of H-pyrrole nitrogens is 1. The van der Waals surface area contributed by atoms with Crippen LogP contribution in [0.3, 0.4) is 0 Å². The Labute approximate surface area is 182 Å². The van der Waals surface area contributed by atoms with Crippen molar-refractivity contribution in [3.63, 3.8) is 0 Å². The van der Waals surface area contributed by atoms with Crippen LogP contribution in [0.2, 0.25) is 0 Å². The van der Waals surface area contributed by atoms with E-state index >= 15 is 0 Å². The number of carbonyl (C=O) groups excluding carboxylic acids is 1. The zero-order valence-electron chi connectivity index (χ0n) is 17.1. The molecule has 0 atom stereocenters. The summed E-state index contributed by atoms with van der Waals surface area (Å²) in [6, 6.07) is 16.7. The minimum absolute atomic E-state index is 0.0780. The van der Waals surface area contributed by atoms with E-state index in [1.54, 1.807) is 18.3 Å². The largest absolute Gasteiger partial charge is 0.494 e. The van der Waals surface area contributed by atoms with E-state index in [1.807, 2.05) is 60.7 Å². The molecular weight excluding hydrogens is 404 g/mol. The molecule has 0 saturated heterocycles. The van der Waals surface area contributed by atoms with Crippen LogP contribution in [0.15, 0.2) is 77.1 Å². The Kier molecular flexibility index (Phi) is 4.84. The lowest BCUT2D eigenvalue weighted by Crippen LogP contribution is -2.08. The highest BCUT2D eigenvalue weighted by atomic mass is 16.5. The van der Waals surface area contributed by atoms with Crippen LogP contribution in [0.5, 0.6) is 5.88 Å². The molecule has 4 aromatic rings. The van der Waals surface area contributed by atoms with Gasteiger partial charge in [-0.2, -0.15) is 0 Å². The van der Waals surface area contributed by atoms with E-state index in [9.17, 15) is 9.90 Å². The molecule has 0 bridgehead atoms. The van der Waals surface area contributed by atoms with Crippen LogP contribution in [0.4, 0.5) is 5.69 Å². The SMILES string of the molecule is COC(=O)c1ccc(/C=C/C2=c3cc/c(=C\c4c(O)[nH]c5ncccc45)cc3N=N2)cc1. The molecule has 2 aromatic carbocycles. The van der Waals surface area contributed by atoms with Crippen LogP contribution < -0.4 is 10.4 Å². The average molecular weight is 422 g/mol. The minimum atomic E-state index is -0.363. The lowest BCUT2D eigenvalue weighted by atomic mass is 10.1. The van der Waals surface area contributed by atoms with Gasteiger partial charge in [0.15, 0.2) is 5.88 Å². The number of benzene rings is 2. The van der Waals surface area contributed by atoms with Crippen molar-refractivity contribution >= 4 is 40.5 Å². The molecule has 2 aromatic heterocycles. The fourth-order valence-corrected chi connectivity index (χ4v) is 3.59. The summed E-state index contributed by atoms with van der Waals surface area (Å²) in [7, 11) is 1.36. The van der Waals surface area contributed by atoms with Crippen LogP contribution >= 0.6 is 0 Å². The molecule has 3 heterocycles. The lowest BCUT2D eigenvalue weighted by Gasteiger charge is -1.99. The number of methoxy groups -OCH3 is 1. The minimum Gasteiger partial charge on any atom is -0.494 e. The number of hydrogen-bond acceptors (Lipinski definition) is 6. The van der Waals surface area contributed by atoms with Gasteiger partial charge in [-0.25, -0.2) is 9.78 Å². The Bertz CT molecular complexity index is 1530. The van der Waals surface area contributed by atoms with Crippen molar-refractivity contribution in [3.05, 3.63) is 94.0 Å². The Balaban J connectivity index is 1.46. The first-order valence-corrected chi connectivity index (χ1v) is 9.92. The highest BCUT2D eigenvalue weighted by Gasteiger charge is 2.10. The number of esters is 1. The molecule has 5 rings (SSSR count). The molecule has 0 amide bonds. The van der Waals surface area contributed by atoms with Crippen molar-refractivity contribution in [1.82, 2.24) is 9.97 Å². The maximum Gasteiger partial charge on any atom is 0.337 e. The van der Waals surface area contributed by atoms with E-state index in [1.165, 1.54) is 7.11 Å². The summed E-state index contributed by atoms with van der Waals surface area (Å²) in [5, 5.41) is 21.5. The summed E-state index contributed by atoms with van der Waals surface area (Å²) >= 11 is 0. The average Bonchev–Trinajstić information content (AvgIpc) is 3.37. The number of hydrogen-bond donors (Lipinski definition) is 2. The van der Waals surface area contributed by atoms with Crippen molar-refractivity contribution in [2.75, 3.05) is 7.11 Å². The monoisotopic (exact) mass is 422 g/mol. The predicted molar refractivity (Wildman–Crippen MR) is 122 cm³/mol. The molecule has 1 aliphatic heterocycles. The topological polar surface area (TPSA) is 99.9 Å². The number of aromatic nitrogens is 2. The summed E-state index contributed by atoms with van der Waals surface area (Å²) < 4.78 is 4.72. The summed E-state index contributed by atoms with van der Waals surface area (Å²) in [5.74, 6) is -0.285. The lowest BCUT2D eigenvalue weighted by molar-refractivity contribution is 0.0600. The normalized spacial score (nSPS) is 13.3. The maximum atomic E-state index is 11.5. The molecule has 7 nitrogen and oxygen atoms in total. The van der Waals surface area contributed by atoms with Gasteiger partial charge in [-0.05, 0) is 59.3 Å². The zero-order valence-corrected chi connectivity index (χ0v) is 17.1. The number of azo groups is 1. The van der Waals surface area contributed by atoms with Crippen molar-refractivity contribution in [2.24, 2.45) is 10.2 Å². The quantitative estimate of drug-likeness (QED) is 0.489. The highest BCUT2D eigenvalue weighted by Crippen LogP contribution is 2.26. The van der Waals surface area contributed by atoms with Gasteiger partial charge >= 0.3 is 5.97 Å². The van der Waals surface area contributed by atoms with Gasteiger partial charge in [0, 0.05) is 22.4 Å². The Morgan fingerprint density at radius 2 is 1.91 bits per heavy atom. The molecule has 7 heteroatoms. The molecule has 2 N–H and O–H groups in total. The van der Waals surface area contributed by atoms with Gasteiger partial charge in [0.25, 0.3) is 0 Å². The third kappa shape index (κ3) is 3.56. The molecule has 0 aliphatic carbocycles. The van der Waals surface area contributed by atoms with Crippen molar-refractivity contribution in [3.8, 4) is 5.88 Å². The molecule has 0 fully saturated rings. The number of nitrogens with one attached hydrogen (secondary N) is 1. The maximum absolute atomic E-state index is 11.5. The van der Waals surface area contributed by atoms with E-state index in [2.05, 4.69) is 20.2 Å². The Morgan fingerprint density at radius 3 is 2.72 bits per heavy atom. The van der Waals surface area contributed by atoms with Crippen LogP contribution in [-0.4, -0.2) is 28.2 Å². The van der Waals surface area contributed by atoms with Crippen LogP contribution in [0.1, 0.15) is 21.5 Å². The van der Waals surface area contributed by atoms with Gasteiger partial charge in [0.1, 0.15) is 5.65 Å². The van der Waals surface area contributed by atoms with Gasteiger partial charge in [-0.1, -0.05) is 24.3 Å². The van der Waals surface area contributed by atoms with E-state index < -0.39 is 0 Å². The van der Waals surface area contributed by atoms with E-state index in [-0.39, 0.29) is 11.8 Å². The second kappa shape index (κ2) is 7.96. The fraction of sp³-hybridized carbons (Fsp3) is 0.0400. The van der Waals surface area contributed by atoms with Crippen molar-refractivity contribution in [1.29, 1.82) is 0 Å². The molecule has 1 aliphatic rings. The number of rotatable bonds is 4. The standard InChI is InChI=1S/C25H18N4O3/c1-32-25(31)17-8-4-15(5-9-17)7-11-21-19-10-6-16(14-22(19)29-28-21)13-20-18-3-2-12-26-23(18)27-24(20)30/h2-14,30H,1H3,(H,26,27)/b11-7+,16-13+. The van der Waals surface area contributed by atoms with Gasteiger partial charge < -0.3 is 14.8 Å². The summed E-state index contributed by atoms with van der Waals surface area (Å²) in [4.78, 5) is 18.7. The first kappa shape index (κ1) is 19.4. The smallest absolute Gasteiger partial charge is 0.337 e. The van der Waals surface area contributed by atoms with Crippen molar-refractivity contribution in [2.45, 2.75) is 0 Å². The fourth-order valence-electron chi connectivity index (χ4n) is 3.59. The zero-order chi connectivity index (χ0) is 22.1. The van der Waals surface area contributed by atoms with Crippen LogP contribution in [0, 0.1) is 0 Å². The van der Waals surface area contributed by atoms with E-state index in [0.29, 0.717) is 16.8 Å². The molecule has 0 spiro atoms. The first-order chi connectivity index (χ1) is 15.6. The van der Waals surface area contributed by atoms with Gasteiger partial charge in [0.05, 0.1) is 24.1 Å². The number of nitrogens with zero attached hydrogens (tertiary/aromatic N) is 3. The number of carbonyl (C=O) groups is 1. The molecular formula is C25H18N4O3. The van der Waals surface area contributed by atoms with E-state index in [0.717, 1.165) is 32.8 Å². The van der Waals surface area contributed by atoms with Gasteiger partial charge in [0.2, 0.25) is 0 Å². The van der Waals surface area contributed by atoms with Crippen LogP contribution in [0.25, 0.3) is 28.9 Å². The summed E-state index contributed by atoms with van der Waals surface area (Å²) in [5.41, 5.74) is 4.27. The number of fused-ring (bicyclic) bond motifs is 2. The number of aromatic amines is 1. The van der Waals surface area contributed by atoms with Crippen LogP contribution in [-0.2, 0) is 4.74 Å². The second-order valence-corrected chi connectivity index (χ2v) is 7.24. The Morgan fingerprint density at radius 1 is 1.06 bits per heavy atom. The third-order valence-electron chi connectivity index (χ3n) is 5.23. The number of pyridine rings is 1. The van der Waals surface area contributed by atoms with Gasteiger partial charge in [-0.15, -0.1) is 10.2 Å². The number of aromatic hydroxyl groups is 1. The Hall–Kier alpha value is -4.52. The second-order valence-electron chi connectivity index (χ2n) is 7.24. The molecule has 0 saturated carbocycles. The molecule has 0 unspecified atom stereocenters. The number of ether oxygens (including phenoxy) is 1. The molecule has 32 heavy (non-hydrogen) atoms. The third-order valence-corrected chi connectivity index (χ3v) is 5.23.